The molecule has 0 radical (unpaired) electrons. The van der Waals surface area contributed by atoms with Gasteiger partial charge < -0.3 is 9.84 Å². The number of aromatic nitrogens is 2. The first kappa shape index (κ1) is 13.3. The monoisotopic (exact) mass is 274 g/mol. The highest BCUT2D eigenvalue weighted by atomic mass is 19.4. The van der Waals surface area contributed by atoms with E-state index in [0.717, 1.165) is 23.8 Å². The first-order valence-corrected chi connectivity index (χ1v) is 5.16. The number of carbonyl (C=O) groups excluding carboxylic acids is 1. The van der Waals surface area contributed by atoms with Gasteiger partial charge in [-0.1, -0.05) is 0 Å². The molecule has 0 amide bonds. The molecule has 2 aromatic rings. The number of nitrogens with zero attached hydrogens (tertiary/aromatic N) is 2. The molecular formula is C11H9F3N2O3. The van der Waals surface area contributed by atoms with Gasteiger partial charge in [-0.3, -0.25) is 0 Å². The highest BCUT2D eigenvalue weighted by molar-refractivity contribution is 5.89. The van der Waals surface area contributed by atoms with Gasteiger partial charge >= 0.3 is 12.3 Å². The van der Waals surface area contributed by atoms with Gasteiger partial charge in [-0.05, 0) is 12.1 Å². The third-order valence-electron chi connectivity index (χ3n) is 2.57. The number of ether oxygens (including phenoxy) is 1. The molecule has 0 spiro atoms. The summed E-state index contributed by atoms with van der Waals surface area (Å²) in [6.07, 6.45) is -4.29. The van der Waals surface area contributed by atoms with Crippen molar-refractivity contribution in [1.82, 2.24) is 9.55 Å². The largest absolute Gasteiger partial charge is 0.452 e. The summed E-state index contributed by atoms with van der Waals surface area (Å²) >= 11 is 0. The number of fused-ring (bicyclic) bond motifs is 1. The molecular weight excluding hydrogens is 265 g/mol. The molecule has 0 unspecified atom stereocenters. The lowest BCUT2D eigenvalue weighted by atomic mass is 10.2. The summed E-state index contributed by atoms with van der Waals surface area (Å²) < 4.78 is 43.0. The van der Waals surface area contributed by atoms with Gasteiger partial charge in [-0.25, -0.2) is 14.3 Å². The van der Waals surface area contributed by atoms with E-state index in [0.29, 0.717) is 5.56 Å². The predicted octanol–water partition coefficient (Wildman–Crippen LogP) is 2.16. The summed E-state index contributed by atoms with van der Waals surface area (Å²) in [5.74, 6) is 0. The van der Waals surface area contributed by atoms with Gasteiger partial charge in [0.2, 0.25) is 0 Å². The number of aliphatic hydroxyl groups is 1. The highest BCUT2D eigenvalue weighted by Crippen LogP contribution is 2.30. The van der Waals surface area contributed by atoms with Crippen LogP contribution in [0, 0.1) is 0 Å². The molecule has 0 fully saturated rings. The molecule has 2 aromatic heterocycles. The van der Waals surface area contributed by atoms with Crippen molar-refractivity contribution in [3.05, 3.63) is 29.6 Å². The molecule has 0 aliphatic rings. The van der Waals surface area contributed by atoms with Crippen LogP contribution in [-0.2, 0) is 17.5 Å². The summed E-state index contributed by atoms with van der Waals surface area (Å²) in [5.41, 5.74) is -1.03. The van der Waals surface area contributed by atoms with Crippen molar-refractivity contribution in [2.24, 2.45) is 0 Å². The summed E-state index contributed by atoms with van der Waals surface area (Å²) in [6, 6.07) is 1.96. The van der Waals surface area contributed by atoms with Crippen LogP contribution in [0.5, 0.6) is 0 Å². The number of hydrogen-bond acceptors (Lipinski definition) is 4. The summed E-state index contributed by atoms with van der Waals surface area (Å²) in [7, 11) is 1.10. The molecule has 0 saturated heterocycles. The van der Waals surface area contributed by atoms with Crippen LogP contribution in [0.25, 0.3) is 11.0 Å². The maximum atomic E-state index is 12.6. The number of pyridine rings is 1. The maximum absolute atomic E-state index is 12.6. The highest BCUT2D eigenvalue weighted by Gasteiger charge is 2.33. The summed E-state index contributed by atoms with van der Waals surface area (Å²) in [6.45, 7) is -0.423. The van der Waals surface area contributed by atoms with Crippen LogP contribution in [0.4, 0.5) is 18.0 Å². The van der Waals surface area contributed by atoms with Crippen LogP contribution < -0.4 is 0 Å². The molecule has 5 nitrogen and oxygen atoms in total. The lowest BCUT2D eigenvalue weighted by molar-refractivity contribution is -0.141. The maximum Gasteiger partial charge on any atom is 0.433 e. The molecule has 2 rings (SSSR count). The molecule has 102 valence electrons. The Hall–Kier alpha value is -2.09. The van der Waals surface area contributed by atoms with E-state index < -0.39 is 24.6 Å². The average molecular weight is 274 g/mol. The van der Waals surface area contributed by atoms with E-state index in [9.17, 15) is 18.0 Å². The van der Waals surface area contributed by atoms with Gasteiger partial charge in [-0.2, -0.15) is 13.2 Å². The van der Waals surface area contributed by atoms with Gasteiger partial charge in [0.25, 0.3) is 0 Å². The number of halogens is 3. The van der Waals surface area contributed by atoms with Gasteiger partial charge in [0, 0.05) is 17.1 Å². The summed E-state index contributed by atoms with van der Waals surface area (Å²) in [4.78, 5) is 14.9. The number of rotatable bonds is 1. The van der Waals surface area contributed by atoms with E-state index in [1.165, 1.54) is 6.20 Å². The van der Waals surface area contributed by atoms with Crippen molar-refractivity contribution < 1.29 is 27.8 Å². The molecule has 0 aromatic carbocycles. The second kappa shape index (κ2) is 4.54. The van der Waals surface area contributed by atoms with E-state index in [4.69, 9.17) is 5.11 Å². The van der Waals surface area contributed by atoms with E-state index in [2.05, 4.69) is 9.72 Å². The SMILES string of the molecule is COC(=O)n1cc(CO)c2ccc(C(F)(F)F)nc21. The van der Waals surface area contributed by atoms with Gasteiger partial charge in [-0.15, -0.1) is 0 Å². The lowest BCUT2D eigenvalue weighted by Crippen LogP contribution is -2.13. The normalized spacial score (nSPS) is 11.8. The molecule has 19 heavy (non-hydrogen) atoms. The quantitative estimate of drug-likeness (QED) is 0.865. The molecule has 0 aliphatic carbocycles. The fourth-order valence-corrected chi connectivity index (χ4v) is 1.69. The van der Waals surface area contributed by atoms with Crippen molar-refractivity contribution in [2.75, 3.05) is 7.11 Å². The van der Waals surface area contributed by atoms with Gasteiger partial charge in [0.15, 0.2) is 0 Å². The van der Waals surface area contributed by atoms with Crippen molar-refractivity contribution >= 4 is 17.1 Å². The van der Waals surface area contributed by atoms with E-state index in [1.54, 1.807) is 0 Å². The first-order chi connectivity index (χ1) is 8.88. The van der Waals surface area contributed by atoms with Gasteiger partial charge in [0.05, 0.1) is 13.7 Å². The zero-order valence-corrected chi connectivity index (χ0v) is 9.73. The first-order valence-electron chi connectivity index (χ1n) is 5.16. The number of carbonyl (C=O) groups is 1. The Kier molecular flexibility index (Phi) is 3.19. The van der Waals surface area contributed by atoms with E-state index >= 15 is 0 Å². The minimum atomic E-state index is -4.61. The Labute approximate surface area is 105 Å². The number of methoxy groups -OCH3 is 1. The Morgan fingerprint density at radius 1 is 1.47 bits per heavy atom. The van der Waals surface area contributed by atoms with Crippen LogP contribution in [0.2, 0.25) is 0 Å². The third-order valence-corrected chi connectivity index (χ3v) is 2.57. The Balaban J connectivity index is 2.72. The predicted molar refractivity (Wildman–Crippen MR) is 58.5 cm³/mol. The Morgan fingerprint density at radius 3 is 2.68 bits per heavy atom. The molecule has 2 heterocycles. The molecule has 8 heteroatoms. The minimum Gasteiger partial charge on any atom is -0.452 e. The summed E-state index contributed by atoms with van der Waals surface area (Å²) in [5, 5.41) is 9.38. The van der Waals surface area contributed by atoms with Crippen molar-refractivity contribution in [3.8, 4) is 0 Å². The van der Waals surface area contributed by atoms with Crippen LogP contribution in [0.3, 0.4) is 0 Å². The topological polar surface area (TPSA) is 64.3 Å². The van der Waals surface area contributed by atoms with Crippen LogP contribution in [-0.4, -0.2) is 27.9 Å². The molecule has 0 atom stereocenters. The Morgan fingerprint density at radius 2 is 2.16 bits per heavy atom. The minimum absolute atomic E-state index is 0.203. The average Bonchev–Trinajstić information content (AvgIpc) is 2.74. The number of aliphatic hydroxyl groups excluding tert-OH is 1. The fourth-order valence-electron chi connectivity index (χ4n) is 1.69. The van der Waals surface area contributed by atoms with Crippen LogP contribution in [0.15, 0.2) is 18.3 Å². The van der Waals surface area contributed by atoms with Crippen LogP contribution >= 0.6 is 0 Å². The van der Waals surface area contributed by atoms with Crippen molar-refractivity contribution in [3.63, 3.8) is 0 Å². The lowest BCUT2D eigenvalue weighted by Gasteiger charge is -2.06. The zero-order chi connectivity index (χ0) is 14.2. The number of hydrogen-bond donors (Lipinski definition) is 1. The third kappa shape index (κ3) is 2.26. The van der Waals surface area contributed by atoms with Crippen molar-refractivity contribution in [2.45, 2.75) is 12.8 Å². The molecule has 0 aliphatic heterocycles. The molecule has 0 saturated carbocycles. The zero-order valence-electron chi connectivity index (χ0n) is 9.73. The van der Waals surface area contributed by atoms with Gasteiger partial charge in [0.1, 0.15) is 11.3 Å². The smallest absolute Gasteiger partial charge is 0.433 e. The van der Waals surface area contributed by atoms with Crippen molar-refractivity contribution in [1.29, 1.82) is 0 Å². The van der Waals surface area contributed by atoms with E-state index in [-0.39, 0.29) is 11.0 Å². The van der Waals surface area contributed by atoms with E-state index in [1.807, 2.05) is 0 Å². The fraction of sp³-hybridized carbons (Fsp3) is 0.273. The standard InChI is InChI=1S/C11H9F3N2O3/c1-19-10(18)16-4-6(5-17)7-2-3-8(11(12,13)14)15-9(7)16/h2-4,17H,5H2,1H3. The van der Waals surface area contributed by atoms with Crippen LogP contribution in [0.1, 0.15) is 11.3 Å². The second-order valence-corrected chi connectivity index (χ2v) is 3.72. The molecule has 0 bridgehead atoms. The second-order valence-electron chi connectivity index (χ2n) is 3.72. The Bertz CT molecular complexity index is 634. The molecule has 1 N–H and O–H groups in total. The number of alkyl halides is 3.